The fraction of sp³-hybridized carbons (Fsp3) is 0. The second-order valence-corrected chi connectivity index (χ2v) is 6.35. The molecule has 26 heavy (non-hydrogen) atoms. The summed E-state index contributed by atoms with van der Waals surface area (Å²) in [6.07, 6.45) is 1.32. The van der Waals surface area contributed by atoms with Gasteiger partial charge in [-0.15, -0.1) is 0 Å². The molecule has 0 fully saturated rings. The van der Waals surface area contributed by atoms with E-state index in [-0.39, 0.29) is 0 Å². The third-order valence-electron chi connectivity index (χ3n) is 3.21. The molecule has 1 heterocycles. The first-order chi connectivity index (χ1) is 12.5. The number of nitrogens with one attached hydrogen (secondary N) is 3. The summed E-state index contributed by atoms with van der Waals surface area (Å²) in [4.78, 5) is 20.3. The molecular weight excluding hydrogens is 397 g/mol. The van der Waals surface area contributed by atoms with Gasteiger partial charge >= 0.3 is 6.03 Å². The maximum atomic E-state index is 12.2. The van der Waals surface area contributed by atoms with Gasteiger partial charge in [-0.3, -0.25) is 5.32 Å². The molecule has 1 aromatic heterocycles. The molecule has 2 amide bonds. The van der Waals surface area contributed by atoms with Crippen LogP contribution in [0.3, 0.4) is 0 Å². The van der Waals surface area contributed by atoms with Crippen LogP contribution in [0.25, 0.3) is 0 Å². The lowest BCUT2D eigenvalue weighted by atomic mass is 10.3. The van der Waals surface area contributed by atoms with Crippen LogP contribution in [0.1, 0.15) is 0 Å². The zero-order valence-electron chi connectivity index (χ0n) is 13.1. The van der Waals surface area contributed by atoms with Gasteiger partial charge in [-0.05, 0) is 30.3 Å². The lowest BCUT2D eigenvalue weighted by molar-refractivity contribution is 0.262. The fourth-order valence-electron chi connectivity index (χ4n) is 2.09. The molecule has 132 valence electrons. The van der Waals surface area contributed by atoms with Gasteiger partial charge in [0.25, 0.3) is 0 Å². The average Bonchev–Trinajstić information content (AvgIpc) is 2.59. The molecule has 0 aliphatic rings. The Morgan fingerprint density at radius 3 is 2.27 bits per heavy atom. The summed E-state index contributed by atoms with van der Waals surface area (Å²) < 4.78 is 0. The van der Waals surface area contributed by atoms with Gasteiger partial charge in [-0.25, -0.2) is 14.8 Å². The van der Waals surface area contributed by atoms with Crippen molar-refractivity contribution >= 4 is 63.8 Å². The number of halogens is 3. The molecule has 3 aromatic rings. The Labute approximate surface area is 164 Å². The van der Waals surface area contributed by atoms with E-state index in [9.17, 15) is 4.79 Å². The van der Waals surface area contributed by atoms with Crippen molar-refractivity contribution < 1.29 is 4.79 Å². The van der Waals surface area contributed by atoms with E-state index in [2.05, 4.69) is 25.9 Å². The number of rotatable bonds is 4. The Balaban J connectivity index is 1.69. The first kappa shape index (κ1) is 18.3. The van der Waals surface area contributed by atoms with Crippen LogP contribution in [0.5, 0.6) is 0 Å². The van der Waals surface area contributed by atoms with Gasteiger partial charge in [-0.1, -0.05) is 46.9 Å². The smallest absolute Gasteiger partial charge is 0.324 e. The number of hydrogen-bond acceptors (Lipinski definition) is 4. The summed E-state index contributed by atoms with van der Waals surface area (Å²) in [5.74, 6) is 0.790. The molecule has 3 rings (SSSR count). The van der Waals surface area contributed by atoms with Crippen LogP contribution in [0, 0.1) is 0 Å². The van der Waals surface area contributed by atoms with Crippen molar-refractivity contribution in [1.82, 2.24) is 9.97 Å². The normalized spacial score (nSPS) is 10.3. The highest BCUT2D eigenvalue weighted by Crippen LogP contribution is 2.29. The van der Waals surface area contributed by atoms with Crippen LogP contribution in [-0.4, -0.2) is 16.0 Å². The van der Waals surface area contributed by atoms with Crippen molar-refractivity contribution in [2.45, 2.75) is 0 Å². The third kappa shape index (κ3) is 4.76. The zero-order chi connectivity index (χ0) is 18.5. The summed E-state index contributed by atoms with van der Waals surface area (Å²) in [6, 6.07) is 13.2. The lowest BCUT2D eigenvalue weighted by Gasteiger charge is -2.11. The maximum absolute atomic E-state index is 12.2. The second-order valence-electron chi connectivity index (χ2n) is 5.10. The van der Waals surface area contributed by atoms with Crippen molar-refractivity contribution in [3.63, 3.8) is 0 Å². The standard InChI is InChI=1S/C17H12Cl3N5O/c18-10-3-1-4-11(7-10)23-14-8-15(22-9-21-14)24-17(26)25-16-12(19)5-2-6-13(16)20/h1-9H,(H3,21,22,23,24,25,26). The molecule has 0 aliphatic heterocycles. The Morgan fingerprint density at radius 1 is 0.846 bits per heavy atom. The summed E-state index contributed by atoms with van der Waals surface area (Å²) in [5, 5.41) is 9.53. The van der Waals surface area contributed by atoms with E-state index in [1.807, 2.05) is 12.1 Å². The van der Waals surface area contributed by atoms with Crippen LogP contribution < -0.4 is 16.0 Å². The van der Waals surface area contributed by atoms with Crippen molar-refractivity contribution in [3.05, 3.63) is 69.9 Å². The zero-order valence-corrected chi connectivity index (χ0v) is 15.4. The number of amides is 2. The molecule has 0 unspecified atom stereocenters. The van der Waals surface area contributed by atoms with Crippen LogP contribution in [-0.2, 0) is 0 Å². The topological polar surface area (TPSA) is 78.9 Å². The third-order valence-corrected chi connectivity index (χ3v) is 4.07. The van der Waals surface area contributed by atoms with Crippen molar-refractivity contribution in [2.24, 2.45) is 0 Å². The molecule has 0 spiro atoms. The number of benzene rings is 2. The minimum absolute atomic E-state index is 0.296. The maximum Gasteiger partial charge on any atom is 0.324 e. The second kappa shape index (κ2) is 8.23. The van der Waals surface area contributed by atoms with Crippen LogP contribution in [0.15, 0.2) is 54.9 Å². The average molecular weight is 409 g/mol. The van der Waals surface area contributed by atoms with Crippen molar-refractivity contribution in [3.8, 4) is 0 Å². The molecule has 0 saturated carbocycles. The molecule has 9 heteroatoms. The van der Waals surface area contributed by atoms with Crippen LogP contribution in [0.4, 0.5) is 27.8 Å². The van der Waals surface area contributed by atoms with Crippen LogP contribution in [0.2, 0.25) is 15.1 Å². The molecule has 2 aromatic carbocycles. The van der Waals surface area contributed by atoms with Gasteiger partial charge in [0.05, 0.1) is 15.7 Å². The summed E-state index contributed by atoms with van der Waals surface area (Å²) in [5.41, 5.74) is 1.08. The molecule has 0 radical (unpaired) electrons. The van der Waals surface area contributed by atoms with Crippen molar-refractivity contribution in [2.75, 3.05) is 16.0 Å². The van der Waals surface area contributed by atoms with Gasteiger partial charge in [0.2, 0.25) is 0 Å². The molecule has 6 nitrogen and oxygen atoms in total. The number of para-hydroxylation sites is 1. The molecule has 0 bridgehead atoms. The van der Waals surface area contributed by atoms with E-state index >= 15 is 0 Å². The van der Waals surface area contributed by atoms with Gasteiger partial charge in [0.15, 0.2) is 0 Å². The Kier molecular flexibility index (Phi) is 5.78. The Bertz CT molecular complexity index is 931. The van der Waals surface area contributed by atoms with E-state index in [1.165, 1.54) is 6.33 Å². The predicted octanol–water partition coefficient (Wildman–Crippen LogP) is 5.82. The largest absolute Gasteiger partial charge is 0.340 e. The highest BCUT2D eigenvalue weighted by atomic mass is 35.5. The van der Waals surface area contributed by atoms with Gasteiger partial charge < -0.3 is 10.6 Å². The number of nitrogens with zero attached hydrogens (tertiary/aromatic N) is 2. The first-order valence-corrected chi connectivity index (χ1v) is 8.51. The predicted molar refractivity (Wildman–Crippen MR) is 106 cm³/mol. The van der Waals surface area contributed by atoms with E-state index in [4.69, 9.17) is 34.8 Å². The molecule has 0 saturated heterocycles. The fourth-order valence-corrected chi connectivity index (χ4v) is 2.77. The quantitative estimate of drug-likeness (QED) is 0.508. The number of hydrogen-bond donors (Lipinski definition) is 3. The van der Waals surface area contributed by atoms with Gasteiger partial charge in [0.1, 0.15) is 18.0 Å². The molecule has 0 atom stereocenters. The Hall–Kier alpha value is -2.54. The van der Waals surface area contributed by atoms with E-state index in [0.717, 1.165) is 5.69 Å². The monoisotopic (exact) mass is 407 g/mol. The Morgan fingerprint density at radius 2 is 1.54 bits per heavy atom. The first-order valence-electron chi connectivity index (χ1n) is 7.38. The molecular formula is C17H12Cl3N5O. The van der Waals surface area contributed by atoms with Crippen LogP contribution >= 0.6 is 34.8 Å². The number of carbonyl (C=O) groups is 1. The minimum Gasteiger partial charge on any atom is -0.340 e. The van der Waals surface area contributed by atoms with Gasteiger partial charge in [0, 0.05) is 16.8 Å². The summed E-state index contributed by atoms with van der Waals surface area (Å²) >= 11 is 18.0. The summed E-state index contributed by atoms with van der Waals surface area (Å²) in [7, 11) is 0. The highest BCUT2D eigenvalue weighted by molar-refractivity contribution is 6.39. The summed E-state index contributed by atoms with van der Waals surface area (Å²) in [6.45, 7) is 0. The van der Waals surface area contributed by atoms with Gasteiger partial charge in [-0.2, -0.15) is 0 Å². The molecule has 3 N–H and O–H groups in total. The lowest BCUT2D eigenvalue weighted by Crippen LogP contribution is -2.20. The van der Waals surface area contributed by atoms with E-state index in [1.54, 1.807) is 36.4 Å². The highest BCUT2D eigenvalue weighted by Gasteiger charge is 2.10. The number of anilines is 4. The van der Waals surface area contributed by atoms with E-state index < -0.39 is 6.03 Å². The number of aromatic nitrogens is 2. The molecule has 0 aliphatic carbocycles. The van der Waals surface area contributed by atoms with E-state index in [0.29, 0.717) is 32.4 Å². The number of carbonyl (C=O) groups excluding carboxylic acids is 1. The SMILES string of the molecule is O=C(Nc1cc(Nc2cccc(Cl)c2)ncn1)Nc1c(Cl)cccc1Cl. The van der Waals surface area contributed by atoms with Crippen molar-refractivity contribution in [1.29, 1.82) is 0 Å². The number of urea groups is 1. The minimum atomic E-state index is -0.535.